The fourth-order valence-electron chi connectivity index (χ4n) is 5.55. The predicted octanol–water partition coefficient (Wildman–Crippen LogP) is 4.91. The summed E-state index contributed by atoms with van der Waals surface area (Å²) in [6.07, 6.45) is 4.34. The number of tetrazole rings is 1. The summed E-state index contributed by atoms with van der Waals surface area (Å²) in [5.74, 6) is 0.329. The molecule has 1 atom stereocenters. The van der Waals surface area contributed by atoms with Gasteiger partial charge in [0.25, 0.3) is 11.0 Å². The number of imidazole rings is 1. The van der Waals surface area contributed by atoms with Gasteiger partial charge in [0, 0.05) is 25.1 Å². The lowest BCUT2D eigenvalue weighted by atomic mass is 9.98. The first kappa shape index (κ1) is 32.5. The third kappa shape index (κ3) is 7.68. The Morgan fingerprint density at radius 2 is 1.85 bits per heavy atom. The topological polar surface area (TPSA) is 171 Å². The Labute approximate surface area is 270 Å². The number of H-pyrrole nitrogens is 1. The fourth-order valence-corrected chi connectivity index (χ4v) is 5.83. The van der Waals surface area contributed by atoms with Gasteiger partial charge in [-0.1, -0.05) is 73.5 Å². The van der Waals surface area contributed by atoms with Crippen LogP contribution in [0.15, 0.2) is 48.5 Å². The van der Waals surface area contributed by atoms with E-state index >= 15 is 0 Å². The Kier molecular flexibility index (Phi) is 10.9. The van der Waals surface area contributed by atoms with Crippen LogP contribution in [0.4, 0.5) is 0 Å². The molecule has 1 aliphatic heterocycles. The summed E-state index contributed by atoms with van der Waals surface area (Å²) < 4.78 is 7.28. The van der Waals surface area contributed by atoms with Gasteiger partial charge < -0.3 is 19.0 Å². The molecule has 0 radical (unpaired) electrons. The first-order valence-corrected chi connectivity index (χ1v) is 15.7. The van der Waals surface area contributed by atoms with Crippen molar-refractivity contribution in [3.05, 3.63) is 80.9 Å². The van der Waals surface area contributed by atoms with Crippen molar-refractivity contribution in [3.63, 3.8) is 0 Å². The van der Waals surface area contributed by atoms with Crippen molar-refractivity contribution in [1.29, 1.82) is 0 Å². The Morgan fingerprint density at radius 3 is 2.57 bits per heavy atom. The molecular formula is C31H35ClN8O6. The second-order valence-corrected chi connectivity index (χ2v) is 11.3. The van der Waals surface area contributed by atoms with Gasteiger partial charge in [-0.2, -0.15) is 5.21 Å². The van der Waals surface area contributed by atoms with Crippen LogP contribution in [0.5, 0.6) is 0 Å². The van der Waals surface area contributed by atoms with Crippen LogP contribution in [0.3, 0.4) is 0 Å². The molecule has 4 aromatic rings. The molecule has 14 nitrogen and oxygen atoms in total. The molecular weight excluding hydrogens is 616 g/mol. The quantitative estimate of drug-likeness (QED) is 0.0806. The highest BCUT2D eigenvalue weighted by Gasteiger charge is 2.38. The number of hydrogen-bond donors (Lipinski definition) is 1. The van der Waals surface area contributed by atoms with Gasteiger partial charge in [-0.05, 0) is 54.0 Å². The van der Waals surface area contributed by atoms with Crippen molar-refractivity contribution in [3.8, 4) is 22.5 Å². The zero-order valence-electron chi connectivity index (χ0n) is 25.4. The van der Waals surface area contributed by atoms with Crippen LogP contribution in [0.1, 0.15) is 67.3 Å². The van der Waals surface area contributed by atoms with Crippen LogP contribution in [0, 0.1) is 10.1 Å². The van der Waals surface area contributed by atoms with Crippen LogP contribution in [-0.2, 0) is 27.3 Å². The number of benzene rings is 2. The molecule has 0 unspecified atom stereocenters. The lowest BCUT2D eigenvalue weighted by Gasteiger charge is -2.24. The zero-order valence-corrected chi connectivity index (χ0v) is 26.2. The lowest BCUT2D eigenvalue weighted by molar-refractivity contribution is -0.757. The van der Waals surface area contributed by atoms with E-state index in [0.29, 0.717) is 56.8 Å². The van der Waals surface area contributed by atoms with Gasteiger partial charge in [-0.25, -0.2) is 9.78 Å². The fraction of sp³-hybridized carbons (Fsp3) is 0.419. The number of carbonyl (C=O) groups is 2. The van der Waals surface area contributed by atoms with Crippen LogP contribution >= 0.6 is 11.6 Å². The van der Waals surface area contributed by atoms with Crippen LogP contribution in [-0.4, -0.2) is 77.8 Å². The number of amides is 1. The number of likely N-dealkylation sites (tertiary alicyclic amines) is 1. The molecule has 2 aromatic heterocycles. The Morgan fingerprint density at radius 1 is 1.09 bits per heavy atom. The maximum Gasteiger partial charge on any atom is 0.328 e. The largest absolute Gasteiger partial charge is 0.464 e. The third-order valence-corrected chi connectivity index (χ3v) is 8.11. The van der Waals surface area contributed by atoms with Gasteiger partial charge in [-0.3, -0.25) is 4.79 Å². The van der Waals surface area contributed by atoms with Crippen molar-refractivity contribution in [2.24, 2.45) is 0 Å². The first-order valence-electron chi connectivity index (χ1n) is 15.3. The van der Waals surface area contributed by atoms with E-state index in [1.165, 1.54) is 4.90 Å². The summed E-state index contributed by atoms with van der Waals surface area (Å²) in [5, 5.41) is 24.0. The highest BCUT2D eigenvalue weighted by atomic mass is 35.5. The maximum atomic E-state index is 14.0. The van der Waals surface area contributed by atoms with Gasteiger partial charge in [0.2, 0.25) is 5.82 Å². The second kappa shape index (κ2) is 15.4. The van der Waals surface area contributed by atoms with E-state index < -0.39 is 17.1 Å². The number of ether oxygens (including phenoxy) is 1. The summed E-state index contributed by atoms with van der Waals surface area (Å²) in [4.78, 5) is 47.7. The molecule has 2 aromatic carbocycles. The zero-order chi connectivity index (χ0) is 32.5. The van der Waals surface area contributed by atoms with Gasteiger partial charge >= 0.3 is 5.97 Å². The molecule has 1 fully saturated rings. The molecule has 15 heteroatoms. The number of hydrogen-bond acceptors (Lipinski definition) is 10. The summed E-state index contributed by atoms with van der Waals surface area (Å²) in [6, 6.07) is 15.1. The van der Waals surface area contributed by atoms with E-state index in [0.717, 1.165) is 35.1 Å². The highest BCUT2D eigenvalue weighted by molar-refractivity contribution is 6.32. The predicted molar refractivity (Wildman–Crippen MR) is 167 cm³/mol. The molecule has 0 bridgehead atoms. The molecule has 0 spiro atoms. The molecule has 0 saturated carbocycles. The monoisotopic (exact) mass is 650 g/mol. The van der Waals surface area contributed by atoms with Crippen LogP contribution in [0.2, 0.25) is 5.15 Å². The number of aromatic nitrogens is 6. The van der Waals surface area contributed by atoms with Crippen molar-refractivity contribution in [1.82, 2.24) is 35.1 Å². The number of nitrogens with one attached hydrogen (secondary N) is 1. The van der Waals surface area contributed by atoms with Crippen molar-refractivity contribution in [2.45, 2.75) is 64.5 Å². The Balaban J connectivity index is 1.33. The van der Waals surface area contributed by atoms with E-state index in [2.05, 4.69) is 37.4 Å². The smallest absolute Gasteiger partial charge is 0.328 e. The molecule has 0 aliphatic carbocycles. The summed E-state index contributed by atoms with van der Waals surface area (Å²) >= 11 is 6.65. The van der Waals surface area contributed by atoms with E-state index in [1.807, 2.05) is 53.1 Å². The van der Waals surface area contributed by atoms with Gasteiger partial charge in [-0.15, -0.1) is 20.3 Å². The minimum atomic E-state index is -0.855. The first-order chi connectivity index (χ1) is 22.4. The van der Waals surface area contributed by atoms with E-state index in [-0.39, 0.29) is 30.0 Å². The van der Waals surface area contributed by atoms with Crippen molar-refractivity contribution < 1.29 is 24.3 Å². The number of esters is 1. The molecule has 5 rings (SSSR count). The van der Waals surface area contributed by atoms with E-state index in [1.54, 1.807) is 0 Å². The average molecular weight is 651 g/mol. The summed E-state index contributed by atoms with van der Waals surface area (Å²) in [6.45, 7) is 2.84. The third-order valence-electron chi connectivity index (χ3n) is 7.84. The minimum absolute atomic E-state index is 0.0717. The molecule has 1 saturated heterocycles. The number of carbonyl (C=O) groups excluding carboxylic acids is 2. The number of nitrogens with zero attached hydrogens (tertiary/aromatic N) is 7. The number of halogens is 1. The van der Waals surface area contributed by atoms with Gasteiger partial charge in [0.05, 0.1) is 13.2 Å². The van der Waals surface area contributed by atoms with Crippen molar-refractivity contribution in [2.75, 3.05) is 19.8 Å². The number of aromatic amines is 1. The second-order valence-electron chi connectivity index (χ2n) is 10.9. The van der Waals surface area contributed by atoms with Crippen molar-refractivity contribution >= 4 is 23.5 Å². The molecule has 242 valence electrons. The van der Waals surface area contributed by atoms with Crippen LogP contribution < -0.4 is 0 Å². The molecule has 3 heterocycles. The number of unbranched alkanes of at least 4 members (excludes halogenated alkanes) is 2. The maximum absolute atomic E-state index is 14.0. The van der Waals surface area contributed by atoms with E-state index in [4.69, 9.17) is 16.3 Å². The van der Waals surface area contributed by atoms with Gasteiger partial charge in [0.1, 0.15) is 17.6 Å². The van der Waals surface area contributed by atoms with Gasteiger partial charge in [0.15, 0.2) is 5.15 Å². The SMILES string of the molecule is CCCCc1nc(Cl)c(C(=O)N2CCC[C@H]2C(=O)OCCCCO[N+](=O)[O-])n1Cc1ccc(-c2ccccc2-c2nn[nH]n2)cc1. The molecule has 1 amide bonds. The standard InChI is InChI=1S/C31H35ClN8O6/c1-2-3-12-26-33-28(32)27(30(41)38-17-8-11-25(38)31(42)45-18-6-7-19-46-40(43)44)39(26)20-21-13-15-22(16-14-21)23-9-4-5-10-24(23)29-34-36-37-35-29/h4-5,9-10,13-16,25H,2-3,6-8,11-12,17-20H2,1H3,(H,34,35,36,37)/t25-/m0/s1. The molecule has 1 aliphatic rings. The minimum Gasteiger partial charge on any atom is -0.464 e. The molecule has 1 N–H and O–H groups in total. The summed E-state index contributed by atoms with van der Waals surface area (Å²) in [5.41, 5.74) is 3.97. The highest BCUT2D eigenvalue weighted by Crippen LogP contribution is 2.31. The molecule has 46 heavy (non-hydrogen) atoms. The Bertz CT molecular complexity index is 1640. The summed E-state index contributed by atoms with van der Waals surface area (Å²) in [7, 11) is 0. The average Bonchev–Trinajstić information content (AvgIpc) is 3.83. The van der Waals surface area contributed by atoms with Crippen LogP contribution in [0.25, 0.3) is 22.5 Å². The normalized spacial score (nSPS) is 14.4. The van der Waals surface area contributed by atoms with E-state index in [9.17, 15) is 19.7 Å². The number of rotatable bonds is 15. The lowest BCUT2D eigenvalue weighted by Crippen LogP contribution is -2.42. The Hall–Kier alpha value is -4.85. The number of aryl methyl sites for hydroxylation is 1.